The molecular weight excluding hydrogens is 178 g/mol. The third kappa shape index (κ3) is 3.66. The molecule has 1 N–H and O–H groups in total. The summed E-state index contributed by atoms with van der Waals surface area (Å²) in [5.74, 6) is 0.825. The van der Waals surface area contributed by atoms with E-state index in [-0.39, 0.29) is 12.5 Å². The predicted octanol–water partition coefficient (Wildman–Crippen LogP) is 1.72. The molecule has 1 saturated carbocycles. The average Bonchev–Trinajstić information content (AvgIpc) is 2.18. The van der Waals surface area contributed by atoms with E-state index in [9.17, 15) is 4.79 Å². The van der Waals surface area contributed by atoms with E-state index in [1.807, 2.05) is 0 Å². The van der Waals surface area contributed by atoms with E-state index in [0.717, 1.165) is 18.8 Å². The van der Waals surface area contributed by atoms with Crippen molar-refractivity contribution in [2.75, 3.05) is 13.7 Å². The van der Waals surface area contributed by atoms with Crippen molar-refractivity contribution < 1.29 is 9.53 Å². The fourth-order valence-corrected chi connectivity index (χ4v) is 2.19. The van der Waals surface area contributed by atoms with Crippen LogP contribution in [0.25, 0.3) is 0 Å². The number of ether oxygens (including phenoxy) is 1. The number of nitrogens with one attached hydrogen (secondary N) is 1. The molecule has 0 heterocycles. The molecule has 1 aliphatic carbocycles. The van der Waals surface area contributed by atoms with Gasteiger partial charge in [0.05, 0.1) is 0 Å². The van der Waals surface area contributed by atoms with E-state index in [1.54, 1.807) is 7.11 Å². The average molecular weight is 199 g/mol. The van der Waals surface area contributed by atoms with E-state index >= 15 is 0 Å². The summed E-state index contributed by atoms with van der Waals surface area (Å²) in [5, 5.41) is 3.02. The predicted molar refractivity (Wildman–Crippen MR) is 56.1 cm³/mol. The summed E-state index contributed by atoms with van der Waals surface area (Å²) in [6.45, 7) is 2.41. The van der Waals surface area contributed by atoms with E-state index in [0.29, 0.717) is 6.04 Å². The van der Waals surface area contributed by atoms with Gasteiger partial charge in [0.1, 0.15) is 6.61 Å². The molecule has 2 atom stereocenters. The first-order chi connectivity index (χ1) is 6.76. The normalized spacial score (nSPS) is 27.3. The molecule has 1 fully saturated rings. The Morgan fingerprint density at radius 2 is 2.29 bits per heavy atom. The largest absolute Gasteiger partial charge is 0.375 e. The fourth-order valence-electron chi connectivity index (χ4n) is 2.19. The maximum Gasteiger partial charge on any atom is 0.246 e. The highest BCUT2D eigenvalue weighted by atomic mass is 16.5. The number of amides is 1. The van der Waals surface area contributed by atoms with Crippen molar-refractivity contribution in [3.63, 3.8) is 0 Å². The van der Waals surface area contributed by atoms with E-state index in [4.69, 9.17) is 4.74 Å². The van der Waals surface area contributed by atoms with E-state index in [1.165, 1.54) is 19.3 Å². The molecular formula is C11H21NO2. The molecule has 0 radical (unpaired) electrons. The highest BCUT2D eigenvalue weighted by Crippen LogP contribution is 2.26. The van der Waals surface area contributed by atoms with Gasteiger partial charge in [-0.3, -0.25) is 4.79 Å². The maximum atomic E-state index is 11.3. The van der Waals surface area contributed by atoms with Crippen LogP contribution in [0.5, 0.6) is 0 Å². The van der Waals surface area contributed by atoms with Gasteiger partial charge in [-0.2, -0.15) is 0 Å². The summed E-state index contributed by atoms with van der Waals surface area (Å²) in [6, 6.07) is 0.386. The van der Waals surface area contributed by atoms with Gasteiger partial charge >= 0.3 is 0 Å². The molecule has 0 aromatic rings. The molecule has 0 unspecified atom stereocenters. The third-order valence-corrected chi connectivity index (χ3v) is 3.00. The molecule has 3 nitrogen and oxygen atoms in total. The standard InChI is InChI=1S/C11H21NO2/c1-3-9-5-4-6-10(7-9)12-11(13)8-14-2/h9-10H,3-8H2,1-2H3,(H,12,13)/t9-,10-/m1/s1. The number of carbonyl (C=O) groups excluding carboxylic acids is 1. The Labute approximate surface area is 86.2 Å². The summed E-state index contributed by atoms with van der Waals surface area (Å²) in [6.07, 6.45) is 6.08. The molecule has 14 heavy (non-hydrogen) atoms. The Morgan fingerprint density at radius 3 is 2.93 bits per heavy atom. The number of hydrogen-bond donors (Lipinski definition) is 1. The van der Waals surface area contributed by atoms with E-state index in [2.05, 4.69) is 12.2 Å². The Kier molecular flexibility index (Phi) is 4.94. The van der Waals surface area contributed by atoms with Crippen LogP contribution in [0.4, 0.5) is 0 Å². The van der Waals surface area contributed by atoms with Crippen LogP contribution < -0.4 is 5.32 Å². The molecule has 0 bridgehead atoms. The number of methoxy groups -OCH3 is 1. The Balaban J connectivity index is 2.26. The van der Waals surface area contributed by atoms with Crippen LogP contribution in [0.3, 0.4) is 0 Å². The highest BCUT2D eigenvalue weighted by Gasteiger charge is 2.21. The maximum absolute atomic E-state index is 11.3. The Hall–Kier alpha value is -0.570. The first-order valence-electron chi connectivity index (χ1n) is 5.54. The van der Waals surface area contributed by atoms with Gasteiger partial charge in [-0.25, -0.2) is 0 Å². The lowest BCUT2D eigenvalue weighted by molar-refractivity contribution is -0.125. The number of hydrogen-bond acceptors (Lipinski definition) is 2. The van der Waals surface area contributed by atoms with Gasteiger partial charge < -0.3 is 10.1 Å². The van der Waals surface area contributed by atoms with Gasteiger partial charge in [-0.1, -0.05) is 26.2 Å². The molecule has 1 rings (SSSR count). The van der Waals surface area contributed by atoms with Gasteiger partial charge in [0, 0.05) is 13.2 Å². The van der Waals surface area contributed by atoms with Crippen LogP contribution in [0, 0.1) is 5.92 Å². The topological polar surface area (TPSA) is 38.3 Å². The van der Waals surface area contributed by atoms with E-state index < -0.39 is 0 Å². The Morgan fingerprint density at radius 1 is 1.50 bits per heavy atom. The molecule has 3 heteroatoms. The van der Waals surface area contributed by atoms with Crippen molar-refractivity contribution in [3.05, 3.63) is 0 Å². The molecule has 1 amide bonds. The van der Waals surface area contributed by atoms with Gasteiger partial charge in [0.15, 0.2) is 0 Å². The van der Waals surface area contributed by atoms with Crippen molar-refractivity contribution in [2.24, 2.45) is 5.92 Å². The van der Waals surface area contributed by atoms with Crippen LogP contribution >= 0.6 is 0 Å². The minimum atomic E-state index is 0.0225. The van der Waals surface area contributed by atoms with Crippen LogP contribution in [-0.2, 0) is 9.53 Å². The fraction of sp³-hybridized carbons (Fsp3) is 0.909. The summed E-state index contributed by atoms with van der Waals surface area (Å²) in [4.78, 5) is 11.3. The summed E-state index contributed by atoms with van der Waals surface area (Å²) < 4.78 is 4.79. The molecule has 0 aromatic carbocycles. The first kappa shape index (κ1) is 11.5. The van der Waals surface area contributed by atoms with Crippen molar-refractivity contribution in [2.45, 2.75) is 45.1 Å². The van der Waals surface area contributed by atoms with Crippen molar-refractivity contribution >= 4 is 5.91 Å². The SMILES string of the molecule is CC[C@@H]1CCC[C@@H](NC(=O)COC)C1. The van der Waals surface area contributed by atoms with Crippen LogP contribution in [0.2, 0.25) is 0 Å². The molecule has 1 aliphatic rings. The van der Waals surface area contributed by atoms with Crippen LogP contribution in [0.1, 0.15) is 39.0 Å². The highest BCUT2D eigenvalue weighted by molar-refractivity contribution is 5.77. The van der Waals surface area contributed by atoms with Crippen molar-refractivity contribution in [3.8, 4) is 0 Å². The minimum Gasteiger partial charge on any atom is -0.375 e. The van der Waals surface area contributed by atoms with Crippen molar-refractivity contribution in [1.82, 2.24) is 5.32 Å². The monoisotopic (exact) mass is 199 g/mol. The molecule has 0 saturated heterocycles. The van der Waals surface area contributed by atoms with Gasteiger partial charge in [-0.15, -0.1) is 0 Å². The number of rotatable bonds is 4. The van der Waals surface area contributed by atoms with Crippen LogP contribution in [-0.4, -0.2) is 25.7 Å². The zero-order chi connectivity index (χ0) is 10.4. The lowest BCUT2D eigenvalue weighted by atomic mass is 9.84. The van der Waals surface area contributed by atoms with Gasteiger partial charge in [0.25, 0.3) is 0 Å². The third-order valence-electron chi connectivity index (χ3n) is 3.00. The van der Waals surface area contributed by atoms with Crippen molar-refractivity contribution in [1.29, 1.82) is 0 Å². The molecule has 82 valence electrons. The van der Waals surface area contributed by atoms with Gasteiger partial charge in [0.2, 0.25) is 5.91 Å². The summed E-state index contributed by atoms with van der Waals surface area (Å²) >= 11 is 0. The molecule has 0 aromatic heterocycles. The zero-order valence-corrected chi connectivity index (χ0v) is 9.21. The molecule has 0 aliphatic heterocycles. The zero-order valence-electron chi connectivity index (χ0n) is 9.21. The number of carbonyl (C=O) groups is 1. The van der Waals surface area contributed by atoms with Gasteiger partial charge in [-0.05, 0) is 18.8 Å². The minimum absolute atomic E-state index is 0.0225. The summed E-state index contributed by atoms with van der Waals surface area (Å²) in [7, 11) is 1.55. The second-order valence-corrected chi connectivity index (χ2v) is 4.14. The molecule has 0 spiro atoms. The quantitative estimate of drug-likeness (QED) is 0.748. The van der Waals surface area contributed by atoms with Crippen LogP contribution in [0.15, 0.2) is 0 Å². The lowest BCUT2D eigenvalue weighted by Gasteiger charge is -2.28. The Bertz CT molecular complexity index is 182. The second kappa shape index (κ2) is 6.02. The summed E-state index contributed by atoms with van der Waals surface area (Å²) in [5.41, 5.74) is 0. The lowest BCUT2D eigenvalue weighted by Crippen LogP contribution is -2.40. The first-order valence-corrected chi connectivity index (χ1v) is 5.54. The smallest absolute Gasteiger partial charge is 0.246 e. The second-order valence-electron chi connectivity index (χ2n) is 4.14.